The third kappa shape index (κ3) is 3.45. The molecule has 1 N–H and O–H groups in total. The van der Waals surface area contributed by atoms with Crippen LogP contribution in [0.1, 0.15) is 51.0 Å². The van der Waals surface area contributed by atoms with Crippen LogP contribution in [0.4, 0.5) is 0 Å². The van der Waals surface area contributed by atoms with Gasteiger partial charge in [0.25, 0.3) is 0 Å². The predicted octanol–water partition coefficient (Wildman–Crippen LogP) is 3.25. The molecule has 0 unspecified atom stereocenters. The molecule has 1 saturated carbocycles. The van der Waals surface area contributed by atoms with Gasteiger partial charge in [-0.15, -0.1) is 0 Å². The molecular weight excluding hydrogens is 224 g/mol. The van der Waals surface area contributed by atoms with Crippen molar-refractivity contribution < 1.29 is 5.11 Å². The van der Waals surface area contributed by atoms with Crippen LogP contribution in [0.2, 0.25) is 0 Å². The largest absolute Gasteiger partial charge is 0.392 e. The van der Waals surface area contributed by atoms with Crippen molar-refractivity contribution in [3.8, 4) is 0 Å². The lowest BCUT2D eigenvalue weighted by Gasteiger charge is -2.23. The molecule has 1 aromatic heterocycles. The van der Waals surface area contributed by atoms with E-state index in [1.807, 2.05) is 10.9 Å². The third-order valence-corrected chi connectivity index (χ3v) is 3.77. The Hall–Kier alpha value is -1.09. The summed E-state index contributed by atoms with van der Waals surface area (Å²) < 4.78 is 1.97. The molecule has 2 rings (SSSR count). The van der Waals surface area contributed by atoms with Gasteiger partial charge in [0.1, 0.15) is 0 Å². The summed E-state index contributed by atoms with van der Waals surface area (Å²) in [6, 6.07) is 0. The van der Waals surface area contributed by atoms with Crippen molar-refractivity contribution >= 4 is 6.08 Å². The van der Waals surface area contributed by atoms with Gasteiger partial charge in [0.2, 0.25) is 0 Å². The maximum atomic E-state index is 9.55. The second kappa shape index (κ2) is 6.74. The second-order valence-electron chi connectivity index (χ2n) is 5.25. The van der Waals surface area contributed by atoms with Crippen molar-refractivity contribution in [2.24, 2.45) is 5.92 Å². The maximum absolute atomic E-state index is 9.55. The minimum atomic E-state index is 0.184. The van der Waals surface area contributed by atoms with Gasteiger partial charge in [-0.2, -0.15) is 5.10 Å². The fourth-order valence-corrected chi connectivity index (χ4v) is 2.79. The highest BCUT2D eigenvalue weighted by Crippen LogP contribution is 2.30. The SMILES string of the molecule is CCCn1cc(/C=C(/CO)C2CCCCC2)cn1. The molecule has 0 atom stereocenters. The number of hydrogen-bond acceptors (Lipinski definition) is 2. The van der Waals surface area contributed by atoms with E-state index in [0.717, 1.165) is 18.5 Å². The highest BCUT2D eigenvalue weighted by atomic mass is 16.3. The molecule has 0 saturated heterocycles. The van der Waals surface area contributed by atoms with Crippen LogP contribution in [0.15, 0.2) is 18.0 Å². The Labute approximate surface area is 110 Å². The van der Waals surface area contributed by atoms with Crippen LogP contribution in [0.25, 0.3) is 6.08 Å². The summed E-state index contributed by atoms with van der Waals surface area (Å²) in [4.78, 5) is 0. The van der Waals surface area contributed by atoms with Crippen LogP contribution in [0.3, 0.4) is 0 Å². The van der Waals surface area contributed by atoms with E-state index in [0.29, 0.717) is 5.92 Å². The highest BCUT2D eigenvalue weighted by Gasteiger charge is 2.17. The smallest absolute Gasteiger partial charge is 0.0647 e. The Morgan fingerprint density at radius 3 is 2.89 bits per heavy atom. The quantitative estimate of drug-likeness (QED) is 0.868. The summed E-state index contributed by atoms with van der Waals surface area (Å²) in [7, 11) is 0. The molecule has 1 aliphatic carbocycles. The van der Waals surface area contributed by atoms with Crippen molar-refractivity contribution in [3.63, 3.8) is 0 Å². The first-order valence-corrected chi connectivity index (χ1v) is 7.17. The Morgan fingerprint density at radius 2 is 2.22 bits per heavy atom. The van der Waals surface area contributed by atoms with Crippen LogP contribution < -0.4 is 0 Å². The number of aliphatic hydroxyl groups excluding tert-OH is 1. The van der Waals surface area contributed by atoms with Gasteiger partial charge in [-0.25, -0.2) is 0 Å². The Bertz CT molecular complexity index is 389. The number of aliphatic hydroxyl groups is 1. The molecule has 100 valence electrons. The third-order valence-electron chi connectivity index (χ3n) is 3.77. The van der Waals surface area contributed by atoms with E-state index < -0.39 is 0 Å². The lowest BCUT2D eigenvalue weighted by atomic mass is 9.83. The standard InChI is InChI=1S/C15H24N2O/c1-2-8-17-11-13(10-16-17)9-15(12-18)14-6-4-3-5-7-14/h9-11,14,18H,2-8,12H2,1H3/b15-9-. The van der Waals surface area contributed by atoms with Gasteiger partial charge >= 0.3 is 0 Å². The number of nitrogens with zero attached hydrogens (tertiary/aromatic N) is 2. The topological polar surface area (TPSA) is 38.0 Å². The zero-order chi connectivity index (χ0) is 12.8. The lowest BCUT2D eigenvalue weighted by Crippen LogP contribution is -2.11. The predicted molar refractivity (Wildman–Crippen MR) is 74.2 cm³/mol. The molecule has 0 bridgehead atoms. The van der Waals surface area contributed by atoms with Gasteiger partial charge in [-0.1, -0.05) is 32.3 Å². The van der Waals surface area contributed by atoms with Crippen LogP contribution in [-0.2, 0) is 6.54 Å². The molecule has 0 spiro atoms. The van der Waals surface area contributed by atoms with Gasteiger partial charge in [0.15, 0.2) is 0 Å². The zero-order valence-electron chi connectivity index (χ0n) is 11.3. The van der Waals surface area contributed by atoms with Crippen LogP contribution in [0.5, 0.6) is 0 Å². The number of aromatic nitrogens is 2. The zero-order valence-corrected chi connectivity index (χ0v) is 11.3. The summed E-state index contributed by atoms with van der Waals surface area (Å²) >= 11 is 0. The first kappa shape index (κ1) is 13.3. The van der Waals surface area contributed by atoms with Gasteiger partial charge in [0.05, 0.1) is 12.8 Å². The fraction of sp³-hybridized carbons (Fsp3) is 0.667. The summed E-state index contributed by atoms with van der Waals surface area (Å²) in [5.74, 6) is 0.582. The number of hydrogen-bond donors (Lipinski definition) is 1. The second-order valence-corrected chi connectivity index (χ2v) is 5.25. The van der Waals surface area contributed by atoms with E-state index >= 15 is 0 Å². The van der Waals surface area contributed by atoms with Crippen LogP contribution >= 0.6 is 0 Å². The summed E-state index contributed by atoms with van der Waals surface area (Å²) in [6.07, 6.45) is 13.6. The Kier molecular flexibility index (Phi) is 5.00. The molecule has 0 amide bonds. The van der Waals surface area contributed by atoms with E-state index in [1.54, 1.807) is 0 Å². The first-order chi connectivity index (χ1) is 8.83. The number of aryl methyl sites for hydroxylation is 1. The van der Waals surface area contributed by atoms with Gasteiger partial charge < -0.3 is 5.11 Å². The van der Waals surface area contributed by atoms with Crippen LogP contribution in [-0.4, -0.2) is 21.5 Å². The lowest BCUT2D eigenvalue weighted by molar-refractivity contribution is 0.295. The molecule has 1 aromatic rings. The maximum Gasteiger partial charge on any atom is 0.0647 e. The fourth-order valence-electron chi connectivity index (χ4n) is 2.79. The molecule has 3 heteroatoms. The molecule has 1 heterocycles. The van der Waals surface area contributed by atoms with E-state index in [-0.39, 0.29) is 6.61 Å². The van der Waals surface area contributed by atoms with Gasteiger partial charge in [-0.3, -0.25) is 4.68 Å². The molecule has 0 radical (unpaired) electrons. The molecular formula is C15H24N2O. The van der Waals surface area contributed by atoms with Crippen LogP contribution in [0, 0.1) is 5.92 Å². The van der Waals surface area contributed by atoms with Crippen molar-refractivity contribution in [1.29, 1.82) is 0 Å². The van der Waals surface area contributed by atoms with Crippen molar-refractivity contribution in [2.45, 2.75) is 52.0 Å². The highest BCUT2D eigenvalue weighted by molar-refractivity contribution is 5.51. The van der Waals surface area contributed by atoms with Gasteiger partial charge in [0, 0.05) is 18.3 Å². The Balaban J connectivity index is 2.06. The van der Waals surface area contributed by atoms with Crippen molar-refractivity contribution in [1.82, 2.24) is 9.78 Å². The number of rotatable bonds is 5. The minimum absolute atomic E-state index is 0.184. The summed E-state index contributed by atoms with van der Waals surface area (Å²) in [5, 5.41) is 13.9. The van der Waals surface area contributed by atoms with Gasteiger partial charge in [-0.05, 0) is 30.8 Å². The molecule has 1 aliphatic rings. The first-order valence-electron chi connectivity index (χ1n) is 7.17. The van der Waals surface area contributed by atoms with Crippen molar-refractivity contribution in [3.05, 3.63) is 23.5 Å². The minimum Gasteiger partial charge on any atom is -0.392 e. The molecule has 18 heavy (non-hydrogen) atoms. The van der Waals surface area contributed by atoms with Crippen molar-refractivity contribution in [2.75, 3.05) is 6.61 Å². The molecule has 3 nitrogen and oxygen atoms in total. The summed E-state index contributed by atoms with van der Waals surface area (Å²) in [6.45, 7) is 3.30. The average molecular weight is 248 g/mol. The van der Waals surface area contributed by atoms with E-state index in [2.05, 4.69) is 24.3 Å². The molecule has 0 aromatic carbocycles. The average Bonchev–Trinajstić information content (AvgIpc) is 2.85. The summed E-state index contributed by atoms with van der Waals surface area (Å²) in [5.41, 5.74) is 2.31. The van der Waals surface area contributed by atoms with E-state index in [4.69, 9.17) is 0 Å². The van der Waals surface area contributed by atoms with E-state index in [9.17, 15) is 5.11 Å². The molecule has 1 fully saturated rings. The Morgan fingerprint density at radius 1 is 1.44 bits per heavy atom. The normalized spacial score (nSPS) is 18.2. The molecule has 0 aliphatic heterocycles. The monoisotopic (exact) mass is 248 g/mol. The van der Waals surface area contributed by atoms with E-state index in [1.165, 1.54) is 37.7 Å².